The number of hydrogen-bond donors (Lipinski definition) is 2. The van der Waals surface area contributed by atoms with Gasteiger partial charge in [-0.25, -0.2) is 0 Å². The van der Waals surface area contributed by atoms with Crippen LogP contribution in [0, 0.1) is 0 Å². The van der Waals surface area contributed by atoms with Crippen LogP contribution >= 0.6 is 0 Å². The maximum atomic E-state index is 10.3. The van der Waals surface area contributed by atoms with Gasteiger partial charge in [0.1, 0.15) is 6.29 Å². The molecule has 15 heavy (non-hydrogen) atoms. The zero-order valence-electron chi connectivity index (χ0n) is 9.18. The number of anilines is 1. The van der Waals surface area contributed by atoms with Crippen LogP contribution in [0.3, 0.4) is 0 Å². The second kappa shape index (κ2) is 7.96. The summed E-state index contributed by atoms with van der Waals surface area (Å²) >= 11 is 0. The number of nitrogens with two attached hydrogens (primary N) is 1. The van der Waals surface area contributed by atoms with E-state index >= 15 is 0 Å². The van der Waals surface area contributed by atoms with E-state index in [1.165, 1.54) is 0 Å². The summed E-state index contributed by atoms with van der Waals surface area (Å²) in [4.78, 5) is 12.3. The van der Waals surface area contributed by atoms with Crippen LogP contribution in [0.5, 0.6) is 0 Å². The van der Waals surface area contributed by atoms with E-state index in [1.54, 1.807) is 0 Å². The van der Waals surface area contributed by atoms with Crippen LogP contribution in [0.25, 0.3) is 0 Å². The van der Waals surface area contributed by atoms with Gasteiger partial charge in [-0.2, -0.15) is 0 Å². The lowest BCUT2D eigenvalue weighted by atomic mass is 10.2. The first kappa shape index (κ1) is 13.6. The smallest absolute Gasteiger partial charge is 0.150 e. The zero-order valence-corrected chi connectivity index (χ0v) is 9.18. The van der Waals surface area contributed by atoms with Gasteiger partial charge in [0.15, 0.2) is 0 Å². The molecular formula is C11H18N2O2. The molecule has 1 rings (SSSR count). The number of aldehydes is 1. The van der Waals surface area contributed by atoms with Crippen molar-refractivity contribution < 1.29 is 9.90 Å². The van der Waals surface area contributed by atoms with E-state index in [0.29, 0.717) is 6.54 Å². The summed E-state index contributed by atoms with van der Waals surface area (Å²) in [7, 11) is 3.94. The van der Waals surface area contributed by atoms with Crippen LogP contribution in [-0.4, -0.2) is 38.6 Å². The van der Waals surface area contributed by atoms with Crippen LogP contribution in [-0.2, 0) is 0 Å². The molecule has 0 saturated carbocycles. The van der Waals surface area contributed by atoms with Crippen molar-refractivity contribution in [2.45, 2.75) is 0 Å². The quantitative estimate of drug-likeness (QED) is 0.713. The second-order valence-electron chi connectivity index (χ2n) is 3.12. The molecule has 0 atom stereocenters. The Labute approximate surface area is 90.3 Å². The molecule has 1 aromatic rings. The van der Waals surface area contributed by atoms with Gasteiger partial charge in [-0.1, -0.05) is 0 Å². The SMILES string of the molecule is CN(C)c1ccc(C=O)cc1.NCCO. The molecule has 0 unspecified atom stereocenters. The molecular weight excluding hydrogens is 192 g/mol. The van der Waals surface area contributed by atoms with Crippen molar-refractivity contribution in [2.75, 3.05) is 32.1 Å². The Morgan fingerprint density at radius 3 is 2.07 bits per heavy atom. The normalized spacial score (nSPS) is 8.80. The van der Waals surface area contributed by atoms with E-state index in [0.717, 1.165) is 17.5 Å². The zero-order chi connectivity index (χ0) is 11.7. The largest absolute Gasteiger partial charge is 0.395 e. The minimum Gasteiger partial charge on any atom is -0.395 e. The van der Waals surface area contributed by atoms with Crippen molar-refractivity contribution in [1.82, 2.24) is 0 Å². The summed E-state index contributed by atoms with van der Waals surface area (Å²) in [6, 6.07) is 7.46. The Morgan fingerprint density at radius 2 is 1.80 bits per heavy atom. The molecule has 0 fully saturated rings. The highest BCUT2D eigenvalue weighted by molar-refractivity contribution is 5.75. The lowest BCUT2D eigenvalue weighted by Gasteiger charge is -2.11. The van der Waals surface area contributed by atoms with Crippen molar-refractivity contribution in [3.63, 3.8) is 0 Å². The molecule has 0 amide bonds. The van der Waals surface area contributed by atoms with E-state index in [2.05, 4.69) is 0 Å². The lowest BCUT2D eigenvalue weighted by molar-refractivity contribution is 0.112. The summed E-state index contributed by atoms with van der Waals surface area (Å²) in [5, 5.41) is 7.75. The summed E-state index contributed by atoms with van der Waals surface area (Å²) in [6.07, 6.45) is 0.847. The predicted molar refractivity (Wildman–Crippen MR) is 62.3 cm³/mol. The average Bonchev–Trinajstić information content (AvgIpc) is 2.29. The summed E-state index contributed by atoms with van der Waals surface area (Å²) in [6.45, 7) is 0.472. The highest BCUT2D eigenvalue weighted by Gasteiger charge is 1.93. The van der Waals surface area contributed by atoms with Crippen molar-refractivity contribution in [1.29, 1.82) is 0 Å². The number of benzene rings is 1. The van der Waals surface area contributed by atoms with Crippen LogP contribution in [0.15, 0.2) is 24.3 Å². The van der Waals surface area contributed by atoms with Gasteiger partial charge in [-0.3, -0.25) is 4.79 Å². The topological polar surface area (TPSA) is 66.6 Å². The summed E-state index contributed by atoms with van der Waals surface area (Å²) in [5.41, 5.74) is 6.60. The van der Waals surface area contributed by atoms with Gasteiger partial charge in [0.05, 0.1) is 6.61 Å². The predicted octanol–water partition coefficient (Wildman–Crippen LogP) is 0.502. The number of rotatable bonds is 3. The molecule has 3 N–H and O–H groups in total. The Kier molecular flexibility index (Phi) is 7.23. The van der Waals surface area contributed by atoms with Gasteiger partial charge in [-0.15, -0.1) is 0 Å². The molecule has 0 saturated heterocycles. The monoisotopic (exact) mass is 210 g/mol. The molecule has 0 aromatic heterocycles. The molecule has 0 bridgehead atoms. The molecule has 0 spiro atoms. The third kappa shape index (κ3) is 5.83. The molecule has 84 valence electrons. The Bertz CT molecular complexity index is 268. The maximum Gasteiger partial charge on any atom is 0.150 e. The Morgan fingerprint density at radius 1 is 1.33 bits per heavy atom. The first-order valence-corrected chi connectivity index (χ1v) is 4.69. The number of carbonyl (C=O) groups excluding carboxylic acids is 1. The fraction of sp³-hybridized carbons (Fsp3) is 0.364. The van der Waals surface area contributed by atoms with E-state index in [-0.39, 0.29) is 6.61 Å². The van der Waals surface area contributed by atoms with Crippen LogP contribution in [0.4, 0.5) is 5.69 Å². The Balaban J connectivity index is 0.000000423. The van der Waals surface area contributed by atoms with E-state index in [4.69, 9.17) is 10.8 Å². The minimum atomic E-state index is 0.0972. The van der Waals surface area contributed by atoms with E-state index in [9.17, 15) is 4.79 Å². The molecule has 0 aliphatic carbocycles. The number of nitrogens with zero attached hydrogens (tertiary/aromatic N) is 1. The molecule has 0 aliphatic rings. The highest BCUT2D eigenvalue weighted by atomic mass is 16.3. The third-order valence-corrected chi connectivity index (χ3v) is 1.67. The number of aliphatic hydroxyl groups is 1. The fourth-order valence-corrected chi connectivity index (χ4v) is 0.851. The lowest BCUT2D eigenvalue weighted by Crippen LogP contribution is -2.08. The summed E-state index contributed by atoms with van der Waals surface area (Å²) in [5.74, 6) is 0. The van der Waals surface area contributed by atoms with Crippen LogP contribution < -0.4 is 10.6 Å². The highest BCUT2D eigenvalue weighted by Crippen LogP contribution is 2.10. The third-order valence-electron chi connectivity index (χ3n) is 1.67. The van der Waals surface area contributed by atoms with E-state index in [1.807, 2.05) is 43.3 Å². The van der Waals surface area contributed by atoms with Crippen molar-refractivity contribution in [2.24, 2.45) is 5.73 Å². The van der Waals surface area contributed by atoms with Gasteiger partial charge in [0, 0.05) is 31.9 Å². The minimum absolute atomic E-state index is 0.0972. The molecule has 0 radical (unpaired) electrons. The first-order valence-electron chi connectivity index (χ1n) is 4.69. The van der Waals surface area contributed by atoms with E-state index < -0.39 is 0 Å². The van der Waals surface area contributed by atoms with Gasteiger partial charge in [-0.05, 0) is 24.3 Å². The Hall–Kier alpha value is -1.39. The van der Waals surface area contributed by atoms with Gasteiger partial charge in [0.2, 0.25) is 0 Å². The van der Waals surface area contributed by atoms with Crippen LogP contribution in [0.1, 0.15) is 10.4 Å². The average molecular weight is 210 g/mol. The molecule has 4 heteroatoms. The fourth-order valence-electron chi connectivity index (χ4n) is 0.851. The maximum absolute atomic E-state index is 10.3. The first-order chi connectivity index (χ1) is 7.15. The molecule has 4 nitrogen and oxygen atoms in total. The van der Waals surface area contributed by atoms with Gasteiger partial charge >= 0.3 is 0 Å². The van der Waals surface area contributed by atoms with Gasteiger partial charge < -0.3 is 15.7 Å². The molecule has 1 aromatic carbocycles. The number of aliphatic hydroxyl groups excluding tert-OH is 1. The standard InChI is InChI=1S/C9H11NO.C2H7NO/c1-10(2)9-5-3-8(7-11)4-6-9;3-1-2-4/h3-7H,1-2H3;4H,1-3H2. The summed E-state index contributed by atoms with van der Waals surface area (Å²) < 4.78 is 0. The molecule has 0 aliphatic heterocycles. The number of hydrogen-bond acceptors (Lipinski definition) is 4. The molecule has 0 heterocycles. The van der Waals surface area contributed by atoms with Crippen molar-refractivity contribution in [3.8, 4) is 0 Å². The van der Waals surface area contributed by atoms with Crippen molar-refractivity contribution >= 4 is 12.0 Å². The van der Waals surface area contributed by atoms with Gasteiger partial charge in [0.25, 0.3) is 0 Å². The number of carbonyl (C=O) groups is 1. The van der Waals surface area contributed by atoms with Crippen LogP contribution in [0.2, 0.25) is 0 Å². The van der Waals surface area contributed by atoms with Crippen molar-refractivity contribution in [3.05, 3.63) is 29.8 Å². The second-order valence-corrected chi connectivity index (χ2v) is 3.12.